The average Bonchev–Trinajstić information content (AvgIpc) is 2.28. The Morgan fingerprint density at radius 3 is 2.35 bits per heavy atom. The number of sulfonamides is 1. The number of hydrogen-bond donors (Lipinski definition) is 1. The Balaban J connectivity index is 2.44. The Bertz CT molecular complexity index is 364. The molecule has 0 radical (unpaired) electrons. The number of rotatable bonds is 4. The second-order valence-electron chi connectivity index (χ2n) is 3.92. The van der Waals surface area contributed by atoms with Gasteiger partial charge in [0.25, 0.3) is 5.91 Å². The van der Waals surface area contributed by atoms with Gasteiger partial charge in [0, 0.05) is 19.1 Å². The minimum absolute atomic E-state index is 0.0107. The zero-order valence-electron chi connectivity index (χ0n) is 9.53. The van der Waals surface area contributed by atoms with Crippen LogP contribution in [-0.2, 0) is 14.8 Å². The second-order valence-corrected chi connectivity index (χ2v) is 5.96. The second kappa shape index (κ2) is 5.72. The smallest absolute Gasteiger partial charge is 0.315 e. The average molecular weight is 270 g/mol. The van der Waals surface area contributed by atoms with Crippen molar-refractivity contribution in [1.82, 2.24) is 9.62 Å². The highest BCUT2D eigenvalue weighted by Crippen LogP contribution is 2.13. The van der Waals surface area contributed by atoms with Gasteiger partial charge < -0.3 is 4.90 Å². The topological polar surface area (TPSA) is 66.5 Å². The molecule has 1 saturated heterocycles. The van der Waals surface area contributed by atoms with Crippen LogP contribution >= 0.6 is 0 Å². The first-order valence-corrected chi connectivity index (χ1v) is 7.08. The molecule has 1 N–H and O–H groups in total. The van der Waals surface area contributed by atoms with Gasteiger partial charge in [-0.15, -0.1) is 0 Å². The molecule has 0 saturated carbocycles. The zero-order valence-corrected chi connectivity index (χ0v) is 10.3. The van der Waals surface area contributed by atoms with Gasteiger partial charge in [0.05, 0.1) is 5.75 Å². The molecule has 0 aliphatic carbocycles. The van der Waals surface area contributed by atoms with Gasteiger partial charge >= 0.3 is 6.43 Å². The van der Waals surface area contributed by atoms with Gasteiger partial charge in [0.1, 0.15) is 0 Å². The molecule has 1 rings (SSSR count). The molecule has 0 unspecified atom stereocenters. The third-order valence-corrected chi connectivity index (χ3v) is 4.17. The quantitative estimate of drug-likeness (QED) is 0.792. The molecule has 0 bridgehead atoms. The van der Waals surface area contributed by atoms with Crippen LogP contribution in [0.1, 0.15) is 19.8 Å². The Hall–Kier alpha value is -0.760. The lowest BCUT2D eigenvalue weighted by atomic mass is 10.1. The maximum absolute atomic E-state index is 12.1. The molecule has 17 heavy (non-hydrogen) atoms. The fourth-order valence-electron chi connectivity index (χ4n) is 1.69. The first-order chi connectivity index (χ1) is 7.85. The molecule has 1 aliphatic heterocycles. The number of nitrogens with one attached hydrogen (secondary N) is 1. The minimum atomic E-state index is -3.27. The summed E-state index contributed by atoms with van der Waals surface area (Å²) in [5, 5.41) is 0. The summed E-state index contributed by atoms with van der Waals surface area (Å²) in [7, 11) is -3.27. The van der Waals surface area contributed by atoms with E-state index in [4.69, 9.17) is 0 Å². The predicted molar refractivity (Wildman–Crippen MR) is 58.2 cm³/mol. The van der Waals surface area contributed by atoms with Crippen molar-refractivity contribution in [3.8, 4) is 0 Å². The van der Waals surface area contributed by atoms with Crippen LogP contribution in [0.2, 0.25) is 0 Å². The Morgan fingerprint density at radius 1 is 1.41 bits per heavy atom. The molecule has 0 aromatic heterocycles. The van der Waals surface area contributed by atoms with Crippen molar-refractivity contribution in [2.24, 2.45) is 0 Å². The highest BCUT2D eigenvalue weighted by molar-refractivity contribution is 7.89. The van der Waals surface area contributed by atoms with E-state index in [0.29, 0.717) is 12.8 Å². The Morgan fingerprint density at radius 2 is 1.94 bits per heavy atom. The molecule has 1 amide bonds. The van der Waals surface area contributed by atoms with E-state index in [2.05, 4.69) is 4.72 Å². The first-order valence-electron chi connectivity index (χ1n) is 5.42. The molecule has 0 aromatic rings. The van der Waals surface area contributed by atoms with E-state index in [9.17, 15) is 22.0 Å². The monoisotopic (exact) mass is 270 g/mol. The number of carbonyl (C=O) groups is 1. The minimum Gasteiger partial charge on any atom is -0.338 e. The number of hydrogen-bond acceptors (Lipinski definition) is 3. The lowest BCUT2D eigenvalue weighted by Crippen LogP contribution is -2.48. The predicted octanol–water partition coefficient (Wildman–Crippen LogP) is 0.182. The maximum Gasteiger partial charge on any atom is 0.315 e. The van der Waals surface area contributed by atoms with Gasteiger partial charge in [-0.25, -0.2) is 13.1 Å². The van der Waals surface area contributed by atoms with Crippen LogP contribution in [0.15, 0.2) is 0 Å². The highest BCUT2D eigenvalue weighted by atomic mass is 32.2. The van der Waals surface area contributed by atoms with Crippen molar-refractivity contribution < 1.29 is 22.0 Å². The van der Waals surface area contributed by atoms with Gasteiger partial charge in [-0.05, 0) is 19.8 Å². The van der Waals surface area contributed by atoms with Gasteiger partial charge in [0.15, 0.2) is 0 Å². The fourth-order valence-corrected chi connectivity index (χ4v) is 2.60. The first kappa shape index (κ1) is 14.3. The Labute approximate surface area is 99.2 Å². The van der Waals surface area contributed by atoms with Crippen molar-refractivity contribution in [2.45, 2.75) is 32.2 Å². The van der Waals surface area contributed by atoms with Crippen molar-refractivity contribution >= 4 is 15.9 Å². The van der Waals surface area contributed by atoms with Gasteiger partial charge in [-0.2, -0.15) is 8.78 Å². The molecule has 5 nitrogen and oxygen atoms in total. The summed E-state index contributed by atoms with van der Waals surface area (Å²) in [6.07, 6.45) is -2.24. The van der Waals surface area contributed by atoms with Crippen LogP contribution in [0.5, 0.6) is 0 Å². The SMILES string of the molecule is CCS(=O)(=O)NC1CCN(C(=O)C(F)F)CC1. The zero-order chi connectivity index (χ0) is 13.1. The van der Waals surface area contributed by atoms with Crippen molar-refractivity contribution in [3.63, 3.8) is 0 Å². The largest absolute Gasteiger partial charge is 0.338 e. The lowest BCUT2D eigenvalue weighted by Gasteiger charge is -2.31. The summed E-state index contributed by atoms with van der Waals surface area (Å²) >= 11 is 0. The Kier molecular flexibility index (Phi) is 4.81. The number of likely N-dealkylation sites (tertiary alicyclic amines) is 1. The van der Waals surface area contributed by atoms with Gasteiger partial charge in [-0.3, -0.25) is 4.79 Å². The number of carbonyl (C=O) groups excluding carboxylic acids is 1. The molecule has 0 spiro atoms. The normalized spacial score (nSPS) is 18.7. The number of amides is 1. The van der Waals surface area contributed by atoms with Gasteiger partial charge in [0.2, 0.25) is 10.0 Å². The van der Waals surface area contributed by atoms with Crippen LogP contribution in [0.25, 0.3) is 0 Å². The highest BCUT2D eigenvalue weighted by Gasteiger charge is 2.29. The number of halogens is 2. The van der Waals surface area contributed by atoms with Crippen LogP contribution in [0, 0.1) is 0 Å². The molecule has 100 valence electrons. The van der Waals surface area contributed by atoms with E-state index in [1.165, 1.54) is 6.92 Å². The third-order valence-electron chi connectivity index (χ3n) is 2.72. The molecule has 8 heteroatoms. The number of nitrogens with zero attached hydrogens (tertiary/aromatic N) is 1. The van der Waals surface area contributed by atoms with E-state index < -0.39 is 22.4 Å². The lowest BCUT2D eigenvalue weighted by molar-refractivity contribution is -0.143. The molecule has 0 atom stereocenters. The summed E-state index contributed by atoms with van der Waals surface area (Å²) in [5.41, 5.74) is 0. The molecule has 0 aromatic carbocycles. The van der Waals surface area contributed by atoms with Crippen molar-refractivity contribution in [2.75, 3.05) is 18.8 Å². The summed E-state index contributed by atoms with van der Waals surface area (Å²) in [6.45, 7) is 1.86. The van der Waals surface area contributed by atoms with Crippen LogP contribution in [-0.4, -0.2) is 50.5 Å². The number of piperidine rings is 1. The third kappa shape index (κ3) is 4.19. The van der Waals surface area contributed by atoms with Crippen LogP contribution in [0.4, 0.5) is 8.78 Å². The summed E-state index contributed by atoms with van der Waals surface area (Å²) in [6, 6.07) is -0.262. The fraction of sp³-hybridized carbons (Fsp3) is 0.889. The molecule has 1 fully saturated rings. The molecular formula is C9H16F2N2O3S. The van der Waals surface area contributed by atoms with E-state index in [1.54, 1.807) is 0 Å². The number of alkyl halides is 2. The molecule has 1 heterocycles. The summed E-state index contributed by atoms with van der Waals surface area (Å²) in [4.78, 5) is 12.1. The maximum atomic E-state index is 12.1. The van der Waals surface area contributed by atoms with Crippen molar-refractivity contribution in [3.05, 3.63) is 0 Å². The van der Waals surface area contributed by atoms with Crippen LogP contribution < -0.4 is 4.72 Å². The van der Waals surface area contributed by atoms with E-state index in [0.717, 1.165) is 4.90 Å². The van der Waals surface area contributed by atoms with Crippen LogP contribution in [0.3, 0.4) is 0 Å². The van der Waals surface area contributed by atoms with E-state index in [1.807, 2.05) is 0 Å². The standard InChI is InChI=1S/C9H16F2N2O3S/c1-2-17(15,16)12-7-3-5-13(6-4-7)9(14)8(10)11/h7-8,12H,2-6H2,1H3. The van der Waals surface area contributed by atoms with Gasteiger partial charge in [-0.1, -0.05) is 0 Å². The van der Waals surface area contributed by atoms with E-state index >= 15 is 0 Å². The summed E-state index contributed by atoms with van der Waals surface area (Å²) < 4.78 is 49.3. The molecular weight excluding hydrogens is 254 g/mol. The molecule has 1 aliphatic rings. The summed E-state index contributed by atoms with van der Waals surface area (Å²) in [5.74, 6) is -1.19. The van der Waals surface area contributed by atoms with Crippen molar-refractivity contribution in [1.29, 1.82) is 0 Å². The van der Waals surface area contributed by atoms with E-state index in [-0.39, 0.29) is 24.9 Å².